The number of piperidine rings is 1. The number of hydrogen-bond acceptors (Lipinski definition) is 5. The maximum atomic E-state index is 12.5. The van der Waals surface area contributed by atoms with Gasteiger partial charge >= 0.3 is 0 Å². The largest absolute Gasteiger partial charge is 0.341 e. The summed E-state index contributed by atoms with van der Waals surface area (Å²) in [6.07, 6.45) is 7.86. The van der Waals surface area contributed by atoms with Crippen LogP contribution in [0.2, 0.25) is 0 Å². The van der Waals surface area contributed by atoms with E-state index in [1.807, 2.05) is 43.3 Å². The van der Waals surface area contributed by atoms with Gasteiger partial charge in [0.2, 0.25) is 11.9 Å². The summed E-state index contributed by atoms with van der Waals surface area (Å²) < 4.78 is 0. The molecular formula is C28H35N5O. The van der Waals surface area contributed by atoms with Crippen LogP contribution >= 0.6 is 0 Å². The van der Waals surface area contributed by atoms with Gasteiger partial charge in [-0.2, -0.15) is 0 Å². The second kappa shape index (κ2) is 10.8. The summed E-state index contributed by atoms with van der Waals surface area (Å²) in [5, 5.41) is 3.92. The van der Waals surface area contributed by atoms with Gasteiger partial charge in [0.1, 0.15) is 0 Å². The van der Waals surface area contributed by atoms with Gasteiger partial charge in [0.05, 0.1) is 11.2 Å². The lowest BCUT2D eigenvalue weighted by atomic mass is 10.0. The van der Waals surface area contributed by atoms with E-state index in [0.717, 1.165) is 72.6 Å². The number of carbonyl (C=O) groups excluding carboxylic acids is 1. The molecule has 1 amide bonds. The van der Waals surface area contributed by atoms with Gasteiger partial charge in [0.25, 0.3) is 0 Å². The SMILES string of the molecule is CCCc1ccc(/C=C/C(=O)Nc2ccc3nc(N4CCC(N(C)C)CC4)nc(C)c3c2)cc1. The van der Waals surface area contributed by atoms with Crippen LogP contribution in [0.1, 0.15) is 43.0 Å². The monoisotopic (exact) mass is 457 g/mol. The Morgan fingerprint density at radius 2 is 1.85 bits per heavy atom. The molecule has 0 aliphatic carbocycles. The van der Waals surface area contributed by atoms with E-state index in [-0.39, 0.29) is 5.91 Å². The molecule has 1 fully saturated rings. The number of fused-ring (bicyclic) bond motifs is 1. The summed E-state index contributed by atoms with van der Waals surface area (Å²) in [5.74, 6) is 0.641. The van der Waals surface area contributed by atoms with E-state index in [9.17, 15) is 4.79 Å². The average molecular weight is 458 g/mol. The molecule has 6 heteroatoms. The first-order valence-corrected chi connectivity index (χ1v) is 12.2. The summed E-state index contributed by atoms with van der Waals surface area (Å²) in [6, 6.07) is 14.8. The van der Waals surface area contributed by atoms with Crippen LogP contribution in [-0.2, 0) is 11.2 Å². The summed E-state index contributed by atoms with van der Waals surface area (Å²) in [4.78, 5) is 26.7. The zero-order chi connectivity index (χ0) is 24.1. The summed E-state index contributed by atoms with van der Waals surface area (Å²) in [7, 11) is 4.29. The highest BCUT2D eigenvalue weighted by Gasteiger charge is 2.22. The molecule has 1 N–H and O–H groups in total. The molecule has 0 bridgehead atoms. The van der Waals surface area contributed by atoms with Crippen molar-refractivity contribution in [3.05, 3.63) is 65.4 Å². The highest BCUT2D eigenvalue weighted by molar-refractivity contribution is 6.03. The lowest BCUT2D eigenvalue weighted by Gasteiger charge is -2.35. The second-order valence-electron chi connectivity index (χ2n) is 9.34. The highest BCUT2D eigenvalue weighted by atomic mass is 16.1. The average Bonchev–Trinajstić information content (AvgIpc) is 2.84. The maximum Gasteiger partial charge on any atom is 0.248 e. The number of amides is 1. The number of hydrogen-bond donors (Lipinski definition) is 1. The van der Waals surface area contributed by atoms with Crippen LogP contribution < -0.4 is 10.2 Å². The van der Waals surface area contributed by atoms with Crippen molar-refractivity contribution in [2.24, 2.45) is 0 Å². The van der Waals surface area contributed by atoms with E-state index in [0.29, 0.717) is 6.04 Å². The number of aromatic nitrogens is 2. The van der Waals surface area contributed by atoms with Gasteiger partial charge in [0.15, 0.2) is 0 Å². The van der Waals surface area contributed by atoms with E-state index in [4.69, 9.17) is 9.97 Å². The predicted molar refractivity (Wildman–Crippen MR) is 141 cm³/mol. The molecule has 0 spiro atoms. The third kappa shape index (κ3) is 5.81. The zero-order valence-electron chi connectivity index (χ0n) is 20.7. The van der Waals surface area contributed by atoms with Crippen LogP contribution in [0.3, 0.4) is 0 Å². The van der Waals surface area contributed by atoms with Crippen LogP contribution in [0.5, 0.6) is 0 Å². The number of anilines is 2. The fraction of sp³-hybridized carbons (Fsp3) is 0.393. The Morgan fingerprint density at radius 3 is 2.53 bits per heavy atom. The van der Waals surface area contributed by atoms with Gasteiger partial charge < -0.3 is 15.1 Å². The van der Waals surface area contributed by atoms with Crippen molar-refractivity contribution in [1.29, 1.82) is 0 Å². The van der Waals surface area contributed by atoms with E-state index in [2.05, 4.69) is 48.3 Å². The summed E-state index contributed by atoms with van der Waals surface area (Å²) in [6.45, 7) is 6.12. The van der Waals surface area contributed by atoms with Crippen LogP contribution in [0, 0.1) is 6.92 Å². The molecule has 0 atom stereocenters. The molecule has 0 unspecified atom stereocenters. The van der Waals surface area contributed by atoms with Crippen LogP contribution in [0.4, 0.5) is 11.6 Å². The molecule has 1 aromatic heterocycles. The van der Waals surface area contributed by atoms with Gasteiger partial charge in [-0.3, -0.25) is 4.79 Å². The number of rotatable bonds is 7. The third-order valence-electron chi connectivity index (χ3n) is 6.57. The lowest BCUT2D eigenvalue weighted by molar-refractivity contribution is -0.111. The van der Waals surface area contributed by atoms with Crippen molar-refractivity contribution in [2.75, 3.05) is 37.4 Å². The molecule has 1 aliphatic heterocycles. The maximum absolute atomic E-state index is 12.5. The molecule has 34 heavy (non-hydrogen) atoms. The quantitative estimate of drug-likeness (QED) is 0.502. The molecule has 2 heterocycles. The van der Waals surface area contributed by atoms with Crippen LogP contribution in [0.25, 0.3) is 17.0 Å². The Hall–Kier alpha value is -3.25. The van der Waals surface area contributed by atoms with Crippen molar-refractivity contribution >= 4 is 34.5 Å². The number of carbonyl (C=O) groups is 1. The zero-order valence-corrected chi connectivity index (χ0v) is 20.7. The minimum Gasteiger partial charge on any atom is -0.341 e. The van der Waals surface area contributed by atoms with E-state index in [1.54, 1.807) is 6.08 Å². The van der Waals surface area contributed by atoms with Gasteiger partial charge in [-0.1, -0.05) is 37.6 Å². The normalized spacial score (nSPS) is 14.9. The molecule has 6 nitrogen and oxygen atoms in total. The highest BCUT2D eigenvalue weighted by Crippen LogP contribution is 2.25. The van der Waals surface area contributed by atoms with Crippen molar-refractivity contribution < 1.29 is 4.79 Å². The Kier molecular flexibility index (Phi) is 7.58. The fourth-order valence-corrected chi connectivity index (χ4v) is 4.51. The molecular weight excluding hydrogens is 422 g/mol. The smallest absolute Gasteiger partial charge is 0.248 e. The van der Waals surface area contributed by atoms with Gasteiger partial charge in [-0.05, 0) is 75.7 Å². The van der Waals surface area contributed by atoms with Gasteiger partial charge in [0, 0.05) is 36.3 Å². The minimum atomic E-state index is -0.157. The van der Waals surface area contributed by atoms with Crippen molar-refractivity contribution in [3.63, 3.8) is 0 Å². The molecule has 178 valence electrons. The third-order valence-corrected chi connectivity index (χ3v) is 6.57. The first-order valence-electron chi connectivity index (χ1n) is 12.2. The standard InChI is InChI=1S/C28H35N5O/c1-5-6-21-7-9-22(10-8-21)11-14-27(34)30-23-12-13-26-25(19-23)20(2)29-28(31-26)33-17-15-24(16-18-33)32(3)4/h7-14,19,24H,5-6,15-18H2,1-4H3,(H,30,34)/b14-11+. The van der Waals surface area contributed by atoms with Crippen LogP contribution in [-0.4, -0.2) is 54.0 Å². The predicted octanol–water partition coefficient (Wildman–Crippen LogP) is 5.07. The molecule has 2 aromatic carbocycles. The molecule has 0 saturated carbocycles. The van der Waals surface area contributed by atoms with Crippen molar-refractivity contribution in [1.82, 2.24) is 14.9 Å². The number of aryl methyl sites for hydroxylation is 2. The second-order valence-corrected chi connectivity index (χ2v) is 9.34. The first-order chi connectivity index (χ1) is 16.4. The van der Waals surface area contributed by atoms with Crippen molar-refractivity contribution in [3.8, 4) is 0 Å². The number of nitrogens with zero attached hydrogens (tertiary/aromatic N) is 4. The Bertz CT molecular complexity index is 1160. The molecule has 4 rings (SSSR count). The van der Waals surface area contributed by atoms with E-state index >= 15 is 0 Å². The minimum absolute atomic E-state index is 0.157. The Balaban J connectivity index is 1.42. The van der Waals surface area contributed by atoms with Gasteiger partial charge in [-0.25, -0.2) is 9.97 Å². The Morgan fingerprint density at radius 1 is 1.12 bits per heavy atom. The van der Waals surface area contributed by atoms with Gasteiger partial charge in [-0.15, -0.1) is 0 Å². The summed E-state index contributed by atoms with van der Waals surface area (Å²) in [5.41, 5.74) is 4.90. The molecule has 0 radical (unpaired) electrons. The molecule has 1 saturated heterocycles. The molecule has 3 aromatic rings. The summed E-state index contributed by atoms with van der Waals surface area (Å²) >= 11 is 0. The topological polar surface area (TPSA) is 61.4 Å². The molecule has 1 aliphatic rings. The fourth-order valence-electron chi connectivity index (χ4n) is 4.51. The first kappa shape index (κ1) is 23.9. The Labute approximate surface area is 202 Å². The lowest BCUT2D eigenvalue weighted by Crippen LogP contribution is -2.42. The van der Waals surface area contributed by atoms with E-state index < -0.39 is 0 Å². The van der Waals surface area contributed by atoms with Crippen molar-refractivity contribution in [2.45, 2.75) is 45.6 Å². The van der Waals surface area contributed by atoms with E-state index in [1.165, 1.54) is 5.56 Å². The van der Waals surface area contributed by atoms with Crippen LogP contribution in [0.15, 0.2) is 48.5 Å². The number of benzene rings is 2. The number of nitrogens with one attached hydrogen (secondary N) is 1.